The molecule has 1 aliphatic carbocycles. The number of amides is 1. The number of hydrogen-bond donors (Lipinski definition) is 3. The van der Waals surface area contributed by atoms with Gasteiger partial charge in [-0.1, -0.05) is 50.1 Å². The van der Waals surface area contributed by atoms with E-state index in [1.807, 2.05) is 30.3 Å². The number of nitrogens with two attached hydrogens (primary N) is 1. The van der Waals surface area contributed by atoms with Crippen LogP contribution in [0.25, 0.3) is 0 Å². The van der Waals surface area contributed by atoms with Gasteiger partial charge < -0.3 is 16.2 Å². The van der Waals surface area contributed by atoms with Gasteiger partial charge in [-0.25, -0.2) is 0 Å². The summed E-state index contributed by atoms with van der Waals surface area (Å²) in [4.78, 5) is 12.1. The maximum absolute atomic E-state index is 12.1. The van der Waals surface area contributed by atoms with Crippen molar-refractivity contribution in [1.82, 2.24) is 5.32 Å². The Morgan fingerprint density at radius 1 is 1.50 bits per heavy atom. The molecule has 3 atom stereocenters. The lowest BCUT2D eigenvalue weighted by atomic mass is 9.79. The molecule has 2 rings (SSSR count). The van der Waals surface area contributed by atoms with E-state index in [4.69, 9.17) is 5.73 Å². The monoisotopic (exact) mass is 276 g/mol. The SMILES string of the molecule is CC1CCCC(O)(CNC(=O)C(N)c2ccccc2)C1. The summed E-state index contributed by atoms with van der Waals surface area (Å²) in [6.07, 6.45) is 3.66. The molecule has 1 aliphatic rings. The normalized spacial score (nSPS) is 27.9. The zero-order chi connectivity index (χ0) is 14.6. The average molecular weight is 276 g/mol. The van der Waals surface area contributed by atoms with Crippen molar-refractivity contribution in [3.63, 3.8) is 0 Å². The first-order valence-corrected chi connectivity index (χ1v) is 7.31. The molecular weight excluding hydrogens is 252 g/mol. The van der Waals surface area contributed by atoms with Crippen molar-refractivity contribution < 1.29 is 9.90 Å². The fraction of sp³-hybridized carbons (Fsp3) is 0.562. The second kappa shape index (κ2) is 6.37. The number of aliphatic hydroxyl groups is 1. The lowest BCUT2D eigenvalue weighted by Gasteiger charge is -2.35. The Kier molecular flexibility index (Phi) is 4.78. The van der Waals surface area contributed by atoms with Crippen molar-refractivity contribution in [3.05, 3.63) is 35.9 Å². The van der Waals surface area contributed by atoms with Crippen LogP contribution in [0.5, 0.6) is 0 Å². The molecule has 4 heteroatoms. The van der Waals surface area contributed by atoms with Crippen LogP contribution in [0.2, 0.25) is 0 Å². The molecule has 0 radical (unpaired) electrons. The smallest absolute Gasteiger partial charge is 0.241 e. The zero-order valence-corrected chi connectivity index (χ0v) is 12.0. The lowest BCUT2D eigenvalue weighted by Crippen LogP contribution is -2.47. The highest BCUT2D eigenvalue weighted by Gasteiger charge is 2.33. The highest BCUT2D eigenvalue weighted by Crippen LogP contribution is 2.31. The van der Waals surface area contributed by atoms with Gasteiger partial charge in [-0.15, -0.1) is 0 Å². The van der Waals surface area contributed by atoms with Crippen LogP contribution in [0, 0.1) is 5.92 Å². The van der Waals surface area contributed by atoms with Crippen LogP contribution >= 0.6 is 0 Å². The maximum Gasteiger partial charge on any atom is 0.241 e. The predicted molar refractivity (Wildman–Crippen MR) is 79.0 cm³/mol. The van der Waals surface area contributed by atoms with Gasteiger partial charge in [-0.2, -0.15) is 0 Å². The third-order valence-electron chi connectivity index (χ3n) is 4.10. The number of carbonyl (C=O) groups is 1. The van der Waals surface area contributed by atoms with E-state index in [0.29, 0.717) is 5.92 Å². The van der Waals surface area contributed by atoms with Crippen LogP contribution in [0.1, 0.15) is 44.2 Å². The van der Waals surface area contributed by atoms with Crippen molar-refractivity contribution in [2.45, 2.75) is 44.2 Å². The van der Waals surface area contributed by atoms with Gasteiger partial charge in [0.15, 0.2) is 0 Å². The van der Waals surface area contributed by atoms with Gasteiger partial charge in [0.25, 0.3) is 0 Å². The molecule has 0 heterocycles. The molecule has 4 N–H and O–H groups in total. The van der Waals surface area contributed by atoms with E-state index in [9.17, 15) is 9.90 Å². The van der Waals surface area contributed by atoms with E-state index in [2.05, 4.69) is 12.2 Å². The van der Waals surface area contributed by atoms with Crippen molar-refractivity contribution >= 4 is 5.91 Å². The number of nitrogens with one attached hydrogen (secondary N) is 1. The molecule has 3 unspecified atom stereocenters. The van der Waals surface area contributed by atoms with E-state index < -0.39 is 11.6 Å². The topological polar surface area (TPSA) is 75.3 Å². The molecule has 0 aliphatic heterocycles. The molecule has 1 saturated carbocycles. The summed E-state index contributed by atoms with van der Waals surface area (Å²) in [5.41, 5.74) is 5.94. The van der Waals surface area contributed by atoms with Crippen LogP contribution in [-0.4, -0.2) is 23.2 Å². The Bertz CT molecular complexity index is 449. The van der Waals surface area contributed by atoms with E-state index in [1.54, 1.807) is 0 Å². The summed E-state index contributed by atoms with van der Waals surface area (Å²) in [5, 5.41) is 13.3. The van der Waals surface area contributed by atoms with Crippen LogP contribution in [0.3, 0.4) is 0 Å². The highest BCUT2D eigenvalue weighted by atomic mass is 16.3. The molecule has 0 saturated heterocycles. The highest BCUT2D eigenvalue weighted by molar-refractivity contribution is 5.82. The fourth-order valence-corrected chi connectivity index (χ4v) is 2.97. The van der Waals surface area contributed by atoms with Crippen molar-refractivity contribution in [2.24, 2.45) is 11.7 Å². The molecule has 110 valence electrons. The lowest BCUT2D eigenvalue weighted by molar-refractivity contribution is -0.124. The Morgan fingerprint density at radius 3 is 2.85 bits per heavy atom. The van der Waals surface area contributed by atoms with Gasteiger partial charge in [0, 0.05) is 6.54 Å². The minimum absolute atomic E-state index is 0.233. The molecule has 1 aromatic carbocycles. The molecule has 0 spiro atoms. The van der Waals surface area contributed by atoms with E-state index in [1.165, 1.54) is 0 Å². The Labute approximate surface area is 120 Å². The standard InChI is InChI=1S/C16H24N2O2/c1-12-6-5-9-16(20,10-12)11-18-15(19)14(17)13-7-3-2-4-8-13/h2-4,7-8,12,14,20H,5-6,9-11,17H2,1H3,(H,18,19). The molecular formula is C16H24N2O2. The van der Waals surface area contributed by atoms with Crippen molar-refractivity contribution in [3.8, 4) is 0 Å². The molecule has 1 fully saturated rings. The minimum Gasteiger partial charge on any atom is -0.388 e. The van der Waals surface area contributed by atoms with Gasteiger partial charge in [0.1, 0.15) is 6.04 Å². The second-order valence-corrected chi connectivity index (χ2v) is 6.03. The first-order valence-electron chi connectivity index (χ1n) is 7.31. The van der Waals surface area contributed by atoms with Crippen LogP contribution in [-0.2, 0) is 4.79 Å². The molecule has 20 heavy (non-hydrogen) atoms. The summed E-state index contributed by atoms with van der Waals surface area (Å²) in [6.45, 7) is 2.43. The van der Waals surface area contributed by atoms with Gasteiger partial charge in [-0.3, -0.25) is 4.79 Å². The summed E-state index contributed by atoms with van der Waals surface area (Å²) < 4.78 is 0. The number of carbonyl (C=O) groups excluding carboxylic acids is 1. The van der Waals surface area contributed by atoms with E-state index in [-0.39, 0.29) is 12.5 Å². The zero-order valence-electron chi connectivity index (χ0n) is 12.0. The first kappa shape index (κ1) is 15.0. The summed E-state index contributed by atoms with van der Waals surface area (Å²) >= 11 is 0. The van der Waals surface area contributed by atoms with E-state index >= 15 is 0 Å². The summed E-state index contributed by atoms with van der Waals surface area (Å²) in [5.74, 6) is 0.274. The Balaban J connectivity index is 1.89. The van der Waals surface area contributed by atoms with Gasteiger partial charge in [-0.05, 0) is 24.3 Å². The number of hydrogen-bond acceptors (Lipinski definition) is 3. The second-order valence-electron chi connectivity index (χ2n) is 6.03. The van der Waals surface area contributed by atoms with Crippen molar-refractivity contribution in [1.29, 1.82) is 0 Å². The summed E-state index contributed by atoms with van der Waals surface area (Å²) in [7, 11) is 0. The van der Waals surface area contributed by atoms with Crippen LogP contribution in [0.15, 0.2) is 30.3 Å². The predicted octanol–water partition coefficient (Wildman–Crippen LogP) is 1.74. The third kappa shape index (κ3) is 3.81. The molecule has 1 amide bonds. The number of rotatable bonds is 4. The van der Waals surface area contributed by atoms with Crippen molar-refractivity contribution in [2.75, 3.05) is 6.54 Å². The van der Waals surface area contributed by atoms with Crippen LogP contribution < -0.4 is 11.1 Å². The first-order chi connectivity index (χ1) is 9.50. The summed E-state index contributed by atoms with van der Waals surface area (Å²) in [6, 6.07) is 8.60. The van der Waals surface area contributed by atoms with Gasteiger partial charge in [0.2, 0.25) is 5.91 Å². The van der Waals surface area contributed by atoms with E-state index in [0.717, 1.165) is 31.2 Å². The van der Waals surface area contributed by atoms with Crippen LogP contribution in [0.4, 0.5) is 0 Å². The minimum atomic E-state index is -0.774. The fourth-order valence-electron chi connectivity index (χ4n) is 2.97. The molecule has 0 bridgehead atoms. The Morgan fingerprint density at radius 2 is 2.20 bits per heavy atom. The molecule has 4 nitrogen and oxygen atoms in total. The van der Waals surface area contributed by atoms with Gasteiger partial charge >= 0.3 is 0 Å². The average Bonchev–Trinajstić information content (AvgIpc) is 2.45. The third-order valence-corrected chi connectivity index (χ3v) is 4.10. The molecule has 0 aromatic heterocycles. The maximum atomic E-state index is 12.1. The largest absolute Gasteiger partial charge is 0.388 e. The Hall–Kier alpha value is -1.39. The number of benzene rings is 1. The molecule has 1 aromatic rings. The quantitative estimate of drug-likeness (QED) is 0.784. The van der Waals surface area contributed by atoms with Gasteiger partial charge in [0.05, 0.1) is 5.60 Å².